The molecule has 0 radical (unpaired) electrons. The smallest absolute Gasteiger partial charge is 0.331 e. The SMILES string of the molecule is CC(Cc1ccccc1)OC(=O)C=Cc1ccc2c(c1)OCO2. The van der Waals surface area contributed by atoms with Crippen molar-refractivity contribution in [2.45, 2.75) is 19.4 Å². The number of carbonyl (C=O) groups excluding carboxylic acids is 1. The molecule has 0 aromatic heterocycles. The minimum absolute atomic E-state index is 0.175. The van der Waals surface area contributed by atoms with Crippen LogP contribution >= 0.6 is 0 Å². The fourth-order valence-corrected chi connectivity index (χ4v) is 2.41. The molecule has 0 spiro atoms. The van der Waals surface area contributed by atoms with Gasteiger partial charge in [-0.2, -0.15) is 0 Å². The molecule has 2 aromatic rings. The van der Waals surface area contributed by atoms with Gasteiger partial charge in [0.15, 0.2) is 11.5 Å². The largest absolute Gasteiger partial charge is 0.459 e. The molecule has 23 heavy (non-hydrogen) atoms. The number of hydrogen-bond acceptors (Lipinski definition) is 4. The van der Waals surface area contributed by atoms with E-state index in [2.05, 4.69) is 0 Å². The molecule has 1 aliphatic rings. The molecule has 4 heteroatoms. The second kappa shape index (κ2) is 7.01. The third-order valence-corrected chi connectivity index (χ3v) is 3.49. The number of rotatable bonds is 5. The fraction of sp³-hybridized carbons (Fsp3) is 0.211. The first-order chi connectivity index (χ1) is 11.2. The van der Waals surface area contributed by atoms with Crippen LogP contribution in [0.25, 0.3) is 6.08 Å². The van der Waals surface area contributed by atoms with Gasteiger partial charge in [-0.25, -0.2) is 4.79 Å². The quantitative estimate of drug-likeness (QED) is 0.625. The molecule has 2 aromatic carbocycles. The lowest BCUT2D eigenvalue weighted by atomic mass is 10.1. The zero-order valence-electron chi connectivity index (χ0n) is 12.9. The van der Waals surface area contributed by atoms with Crippen LogP contribution in [-0.4, -0.2) is 18.9 Å². The van der Waals surface area contributed by atoms with Crippen molar-refractivity contribution in [3.63, 3.8) is 0 Å². The molecule has 0 amide bonds. The maximum Gasteiger partial charge on any atom is 0.331 e. The van der Waals surface area contributed by atoms with E-state index in [0.717, 1.165) is 16.9 Å². The van der Waals surface area contributed by atoms with Gasteiger partial charge in [0.05, 0.1) is 0 Å². The van der Waals surface area contributed by atoms with Gasteiger partial charge in [0, 0.05) is 12.5 Å². The third kappa shape index (κ3) is 4.13. The first-order valence-electron chi connectivity index (χ1n) is 7.53. The fourth-order valence-electron chi connectivity index (χ4n) is 2.41. The van der Waals surface area contributed by atoms with E-state index in [1.54, 1.807) is 6.08 Å². The molecule has 4 nitrogen and oxygen atoms in total. The van der Waals surface area contributed by atoms with Crippen molar-refractivity contribution >= 4 is 12.0 Å². The summed E-state index contributed by atoms with van der Waals surface area (Å²) >= 11 is 0. The number of carbonyl (C=O) groups is 1. The Balaban J connectivity index is 1.54. The van der Waals surface area contributed by atoms with Crippen LogP contribution in [0.3, 0.4) is 0 Å². The second-order valence-electron chi connectivity index (χ2n) is 5.38. The zero-order valence-corrected chi connectivity index (χ0v) is 12.9. The van der Waals surface area contributed by atoms with Crippen molar-refractivity contribution in [3.8, 4) is 11.5 Å². The lowest BCUT2D eigenvalue weighted by Gasteiger charge is -2.11. The van der Waals surface area contributed by atoms with Crippen molar-refractivity contribution in [3.05, 3.63) is 65.7 Å². The van der Waals surface area contributed by atoms with Crippen molar-refractivity contribution < 1.29 is 19.0 Å². The highest BCUT2D eigenvalue weighted by molar-refractivity contribution is 5.87. The zero-order chi connectivity index (χ0) is 16.1. The van der Waals surface area contributed by atoms with E-state index >= 15 is 0 Å². The van der Waals surface area contributed by atoms with Gasteiger partial charge in [-0.05, 0) is 36.3 Å². The second-order valence-corrected chi connectivity index (χ2v) is 5.38. The highest BCUT2D eigenvalue weighted by atomic mass is 16.7. The van der Waals surface area contributed by atoms with E-state index in [9.17, 15) is 4.79 Å². The van der Waals surface area contributed by atoms with Gasteiger partial charge >= 0.3 is 5.97 Å². The van der Waals surface area contributed by atoms with Crippen LogP contribution in [0, 0.1) is 0 Å². The first-order valence-corrected chi connectivity index (χ1v) is 7.53. The molecule has 1 atom stereocenters. The number of hydrogen-bond donors (Lipinski definition) is 0. The van der Waals surface area contributed by atoms with E-state index in [4.69, 9.17) is 14.2 Å². The average Bonchev–Trinajstić information content (AvgIpc) is 3.01. The minimum Gasteiger partial charge on any atom is -0.459 e. The molecular weight excluding hydrogens is 292 g/mol. The number of fused-ring (bicyclic) bond motifs is 1. The maximum atomic E-state index is 11.9. The Labute approximate surface area is 135 Å². The summed E-state index contributed by atoms with van der Waals surface area (Å²) in [6.45, 7) is 2.13. The summed E-state index contributed by atoms with van der Waals surface area (Å²) in [6.07, 6.45) is 3.66. The van der Waals surface area contributed by atoms with Crippen LogP contribution < -0.4 is 9.47 Å². The van der Waals surface area contributed by atoms with Gasteiger partial charge < -0.3 is 14.2 Å². The summed E-state index contributed by atoms with van der Waals surface area (Å²) in [6, 6.07) is 15.5. The molecule has 0 aliphatic carbocycles. The van der Waals surface area contributed by atoms with Gasteiger partial charge in [-0.3, -0.25) is 0 Å². The Morgan fingerprint density at radius 3 is 2.78 bits per heavy atom. The van der Waals surface area contributed by atoms with Gasteiger partial charge in [-0.1, -0.05) is 36.4 Å². The summed E-state index contributed by atoms with van der Waals surface area (Å²) in [4.78, 5) is 11.9. The van der Waals surface area contributed by atoms with Crippen LogP contribution in [0.2, 0.25) is 0 Å². The Bertz CT molecular complexity index is 707. The monoisotopic (exact) mass is 310 g/mol. The van der Waals surface area contributed by atoms with E-state index < -0.39 is 0 Å². The van der Waals surface area contributed by atoms with Gasteiger partial charge in [0.2, 0.25) is 6.79 Å². The van der Waals surface area contributed by atoms with Crippen LogP contribution in [0.15, 0.2) is 54.6 Å². The Morgan fingerprint density at radius 1 is 1.17 bits per heavy atom. The molecule has 1 heterocycles. The molecule has 0 fully saturated rings. The summed E-state index contributed by atoms with van der Waals surface area (Å²) in [7, 11) is 0. The summed E-state index contributed by atoms with van der Waals surface area (Å²) in [5.74, 6) is 1.06. The van der Waals surface area contributed by atoms with Crippen LogP contribution in [0.1, 0.15) is 18.1 Å². The van der Waals surface area contributed by atoms with E-state index in [-0.39, 0.29) is 18.9 Å². The predicted molar refractivity (Wildman–Crippen MR) is 87.3 cm³/mol. The average molecular weight is 310 g/mol. The summed E-state index contributed by atoms with van der Waals surface area (Å²) in [5, 5.41) is 0. The molecular formula is C19H18O4. The number of esters is 1. The first kappa shape index (κ1) is 15.2. The van der Waals surface area contributed by atoms with Crippen molar-refractivity contribution in [2.75, 3.05) is 6.79 Å². The third-order valence-electron chi connectivity index (χ3n) is 3.49. The number of ether oxygens (including phenoxy) is 3. The molecule has 1 aliphatic heterocycles. The van der Waals surface area contributed by atoms with Crippen molar-refractivity contribution in [1.82, 2.24) is 0 Å². The topological polar surface area (TPSA) is 44.8 Å². The van der Waals surface area contributed by atoms with Gasteiger partial charge in [-0.15, -0.1) is 0 Å². The van der Waals surface area contributed by atoms with E-state index in [1.807, 2.05) is 55.5 Å². The van der Waals surface area contributed by atoms with Gasteiger partial charge in [0.25, 0.3) is 0 Å². The highest BCUT2D eigenvalue weighted by Crippen LogP contribution is 2.32. The van der Waals surface area contributed by atoms with Crippen molar-refractivity contribution in [1.29, 1.82) is 0 Å². The molecule has 0 bridgehead atoms. The Morgan fingerprint density at radius 2 is 1.96 bits per heavy atom. The normalized spacial score (nSPS) is 14.0. The van der Waals surface area contributed by atoms with Crippen LogP contribution in [0.5, 0.6) is 11.5 Å². The lowest BCUT2D eigenvalue weighted by Crippen LogP contribution is -2.15. The Kier molecular flexibility index (Phi) is 4.62. The summed E-state index contributed by atoms with van der Waals surface area (Å²) < 4.78 is 15.9. The molecule has 3 rings (SSSR count). The molecule has 1 unspecified atom stereocenters. The lowest BCUT2D eigenvalue weighted by molar-refractivity contribution is -0.141. The summed E-state index contributed by atoms with van der Waals surface area (Å²) in [5.41, 5.74) is 2.01. The molecule has 0 saturated carbocycles. The van der Waals surface area contributed by atoms with Crippen molar-refractivity contribution in [2.24, 2.45) is 0 Å². The van der Waals surface area contributed by atoms with Crippen LogP contribution in [-0.2, 0) is 16.0 Å². The Hall–Kier alpha value is -2.75. The van der Waals surface area contributed by atoms with Gasteiger partial charge in [0.1, 0.15) is 6.10 Å². The standard InChI is InChI=1S/C19H18O4/c1-14(11-15-5-3-2-4-6-15)23-19(20)10-8-16-7-9-17-18(12-16)22-13-21-17/h2-10,12,14H,11,13H2,1H3. The number of benzene rings is 2. The predicted octanol–water partition coefficient (Wildman–Crippen LogP) is 3.60. The maximum absolute atomic E-state index is 11.9. The van der Waals surface area contributed by atoms with E-state index in [0.29, 0.717) is 12.2 Å². The van der Waals surface area contributed by atoms with E-state index in [1.165, 1.54) is 6.08 Å². The minimum atomic E-state index is -0.355. The van der Waals surface area contributed by atoms with Crippen LogP contribution in [0.4, 0.5) is 0 Å². The molecule has 0 N–H and O–H groups in total. The molecule has 118 valence electrons. The highest BCUT2D eigenvalue weighted by Gasteiger charge is 2.12. The molecule has 0 saturated heterocycles.